The number of para-hydroxylation sites is 1. The average Bonchev–Trinajstić information content (AvgIpc) is 3.95. The number of ether oxygens (including phenoxy) is 4. The molecule has 1 saturated heterocycles. The fourth-order valence-electron chi connectivity index (χ4n) is 6.29. The van der Waals surface area contributed by atoms with Gasteiger partial charge in [-0.3, -0.25) is 9.59 Å². The lowest BCUT2D eigenvalue weighted by Gasteiger charge is -2.36. The van der Waals surface area contributed by atoms with Crippen molar-refractivity contribution in [1.29, 1.82) is 0 Å². The van der Waals surface area contributed by atoms with Gasteiger partial charge in [0.2, 0.25) is 5.88 Å². The van der Waals surface area contributed by atoms with Crippen molar-refractivity contribution in [3.8, 4) is 11.6 Å². The van der Waals surface area contributed by atoms with E-state index in [1.807, 2.05) is 81.4 Å². The molecular formula is C38H49N3O6. The molecule has 1 amide bonds. The first kappa shape index (κ1) is 34.2. The van der Waals surface area contributed by atoms with Crippen LogP contribution in [0.3, 0.4) is 0 Å². The number of carbonyl (C=O) groups excluding carboxylic acids is 2. The molecule has 1 aliphatic carbocycles. The summed E-state index contributed by atoms with van der Waals surface area (Å²) in [6.45, 7) is 8.74. The standard InChI is InChI=1S/C38H49N3O6/c1-6-46-36(42)24-33(28-12-13-28)29-16-19-39-35(22-29)47-25-27-17-20-40(21-18-27)34-23-31(44-4)14-15-32(34)37(43)41(26-38(2,3)45-5)30-10-8-7-9-11-30/h7-11,14-16,19,22-23,27-28,33H,6,12-13,17-18,20-21,24-26H2,1-5H3. The van der Waals surface area contributed by atoms with E-state index in [9.17, 15) is 9.59 Å². The third-order valence-corrected chi connectivity index (χ3v) is 9.33. The van der Waals surface area contributed by atoms with E-state index in [0.717, 1.165) is 55.7 Å². The van der Waals surface area contributed by atoms with Crippen molar-refractivity contribution in [3.63, 3.8) is 0 Å². The summed E-state index contributed by atoms with van der Waals surface area (Å²) < 4.78 is 22.8. The van der Waals surface area contributed by atoms with Crippen LogP contribution in [0.1, 0.15) is 74.7 Å². The average molecular weight is 644 g/mol. The van der Waals surface area contributed by atoms with Crippen molar-refractivity contribution in [3.05, 3.63) is 78.0 Å². The van der Waals surface area contributed by atoms with Crippen LogP contribution in [0.2, 0.25) is 0 Å². The molecule has 0 radical (unpaired) electrons. The van der Waals surface area contributed by atoms with Gasteiger partial charge in [-0.1, -0.05) is 18.2 Å². The molecule has 2 aliphatic rings. The summed E-state index contributed by atoms with van der Waals surface area (Å²) in [4.78, 5) is 35.1. The number of pyridine rings is 1. The first-order chi connectivity index (χ1) is 22.7. The summed E-state index contributed by atoms with van der Waals surface area (Å²) in [5.74, 6) is 2.08. The van der Waals surface area contributed by atoms with Gasteiger partial charge in [-0.25, -0.2) is 4.98 Å². The summed E-state index contributed by atoms with van der Waals surface area (Å²) in [7, 11) is 3.32. The lowest BCUT2D eigenvalue weighted by atomic mass is 9.92. The number of nitrogens with zero attached hydrogens (tertiary/aromatic N) is 3. The molecule has 0 spiro atoms. The SMILES string of the molecule is CCOC(=O)CC(c1ccnc(OCC2CCN(c3cc(OC)ccc3C(=O)N(CC(C)(C)OC)c3ccccc3)CC2)c1)C1CC1. The predicted molar refractivity (Wildman–Crippen MR) is 184 cm³/mol. The Bertz CT molecular complexity index is 1480. The summed E-state index contributed by atoms with van der Waals surface area (Å²) in [6.07, 6.45) is 6.27. The molecule has 9 nitrogen and oxygen atoms in total. The number of methoxy groups -OCH3 is 2. The van der Waals surface area contributed by atoms with Gasteiger partial charge in [0.15, 0.2) is 0 Å². The van der Waals surface area contributed by atoms with Crippen molar-refractivity contribution in [1.82, 2.24) is 4.98 Å². The van der Waals surface area contributed by atoms with Crippen LogP contribution in [0.4, 0.5) is 11.4 Å². The lowest BCUT2D eigenvalue weighted by Crippen LogP contribution is -2.44. The monoisotopic (exact) mass is 643 g/mol. The fraction of sp³-hybridized carbons (Fsp3) is 0.500. The van der Waals surface area contributed by atoms with Crippen LogP contribution in [-0.4, -0.2) is 69.5 Å². The number of aromatic nitrogens is 1. The summed E-state index contributed by atoms with van der Waals surface area (Å²) in [5, 5.41) is 0. The van der Waals surface area contributed by atoms with Crippen molar-refractivity contribution in [2.45, 2.75) is 64.4 Å². The van der Waals surface area contributed by atoms with Gasteiger partial charge in [-0.15, -0.1) is 0 Å². The van der Waals surface area contributed by atoms with Crippen LogP contribution in [0, 0.1) is 11.8 Å². The molecule has 1 unspecified atom stereocenters. The highest BCUT2D eigenvalue weighted by Crippen LogP contribution is 2.45. The molecule has 5 rings (SSSR count). The van der Waals surface area contributed by atoms with Gasteiger partial charge in [0, 0.05) is 44.2 Å². The van der Waals surface area contributed by atoms with Crippen molar-refractivity contribution in [2.24, 2.45) is 11.8 Å². The first-order valence-electron chi connectivity index (χ1n) is 16.8. The van der Waals surface area contributed by atoms with E-state index in [4.69, 9.17) is 18.9 Å². The molecule has 2 heterocycles. The number of carbonyl (C=O) groups is 2. The van der Waals surface area contributed by atoms with Crippen LogP contribution in [-0.2, 0) is 14.3 Å². The zero-order chi connectivity index (χ0) is 33.4. The maximum absolute atomic E-state index is 14.3. The molecule has 252 valence electrons. The molecule has 2 aromatic carbocycles. The van der Waals surface area contributed by atoms with E-state index in [1.165, 1.54) is 0 Å². The minimum Gasteiger partial charge on any atom is -0.497 e. The molecule has 3 aromatic rings. The normalized spacial score (nSPS) is 16.0. The Balaban J connectivity index is 1.26. The number of esters is 1. The van der Waals surface area contributed by atoms with E-state index in [2.05, 4.69) is 9.88 Å². The summed E-state index contributed by atoms with van der Waals surface area (Å²) >= 11 is 0. The zero-order valence-corrected chi connectivity index (χ0v) is 28.4. The second kappa shape index (κ2) is 15.7. The van der Waals surface area contributed by atoms with Gasteiger partial charge in [-0.2, -0.15) is 0 Å². The van der Waals surface area contributed by atoms with E-state index in [0.29, 0.717) is 55.2 Å². The van der Waals surface area contributed by atoms with Gasteiger partial charge >= 0.3 is 5.97 Å². The zero-order valence-electron chi connectivity index (χ0n) is 28.4. The molecular weight excluding hydrogens is 594 g/mol. The van der Waals surface area contributed by atoms with Gasteiger partial charge in [0.05, 0.1) is 50.1 Å². The molecule has 1 atom stereocenters. The molecule has 1 saturated carbocycles. The molecule has 47 heavy (non-hydrogen) atoms. The smallest absolute Gasteiger partial charge is 0.306 e. The van der Waals surface area contributed by atoms with Gasteiger partial charge in [0.1, 0.15) is 5.75 Å². The van der Waals surface area contributed by atoms with Crippen LogP contribution >= 0.6 is 0 Å². The molecule has 0 N–H and O–H groups in total. The number of rotatable bonds is 15. The van der Waals surface area contributed by atoms with E-state index in [-0.39, 0.29) is 17.8 Å². The Labute approximate surface area is 279 Å². The second-order valence-electron chi connectivity index (χ2n) is 13.2. The van der Waals surface area contributed by atoms with Crippen molar-refractivity contribution < 1.29 is 28.5 Å². The minimum atomic E-state index is -0.537. The Kier molecular flexibility index (Phi) is 11.4. The Morgan fingerprint density at radius 2 is 1.74 bits per heavy atom. The topological polar surface area (TPSA) is 90.4 Å². The molecule has 1 aliphatic heterocycles. The van der Waals surface area contributed by atoms with Crippen LogP contribution in [0.25, 0.3) is 0 Å². The quantitative estimate of drug-likeness (QED) is 0.165. The maximum Gasteiger partial charge on any atom is 0.306 e. The molecule has 2 fully saturated rings. The Hall–Kier alpha value is -4.11. The Morgan fingerprint density at radius 1 is 1.00 bits per heavy atom. The fourth-order valence-corrected chi connectivity index (χ4v) is 6.29. The van der Waals surface area contributed by atoms with Gasteiger partial charge < -0.3 is 28.7 Å². The van der Waals surface area contributed by atoms with Crippen molar-refractivity contribution in [2.75, 3.05) is 56.9 Å². The first-order valence-corrected chi connectivity index (χ1v) is 16.8. The third kappa shape index (κ3) is 9.04. The van der Waals surface area contributed by atoms with Gasteiger partial charge in [-0.05, 0) is 100 Å². The highest BCUT2D eigenvalue weighted by Gasteiger charge is 2.35. The minimum absolute atomic E-state index is 0.0807. The molecule has 1 aromatic heterocycles. The van der Waals surface area contributed by atoms with Crippen LogP contribution in [0.5, 0.6) is 11.6 Å². The van der Waals surface area contributed by atoms with Gasteiger partial charge in [0.25, 0.3) is 5.91 Å². The Morgan fingerprint density at radius 3 is 2.40 bits per heavy atom. The van der Waals surface area contributed by atoms with Crippen LogP contribution < -0.4 is 19.3 Å². The van der Waals surface area contributed by atoms with E-state index < -0.39 is 5.60 Å². The highest BCUT2D eigenvalue weighted by molar-refractivity contribution is 6.10. The highest BCUT2D eigenvalue weighted by atomic mass is 16.5. The maximum atomic E-state index is 14.3. The number of anilines is 2. The number of amides is 1. The number of piperidine rings is 1. The summed E-state index contributed by atoms with van der Waals surface area (Å²) in [6, 6.07) is 19.4. The molecule has 0 bridgehead atoms. The van der Waals surface area contributed by atoms with Crippen LogP contribution in [0.15, 0.2) is 66.9 Å². The van der Waals surface area contributed by atoms with Crippen molar-refractivity contribution >= 4 is 23.3 Å². The summed E-state index contributed by atoms with van der Waals surface area (Å²) in [5.41, 5.74) is 2.87. The second-order valence-corrected chi connectivity index (χ2v) is 13.2. The lowest BCUT2D eigenvalue weighted by molar-refractivity contribution is -0.143. The molecule has 9 heteroatoms. The van der Waals surface area contributed by atoms with E-state index >= 15 is 0 Å². The third-order valence-electron chi connectivity index (χ3n) is 9.33. The predicted octanol–water partition coefficient (Wildman–Crippen LogP) is 6.90. The van der Waals surface area contributed by atoms with E-state index in [1.54, 1.807) is 25.3 Å². The largest absolute Gasteiger partial charge is 0.497 e. The number of hydrogen-bond acceptors (Lipinski definition) is 8. The number of benzene rings is 2. The number of hydrogen-bond donors (Lipinski definition) is 0.